The first-order valence-electron chi connectivity index (χ1n) is 12.2. The molecule has 0 aromatic rings. The molecular weight excluding hydrogens is 356 g/mol. The van der Waals surface area contributed by atoms with Gasteiger partial charge in [-0.1, -0.05) is 57.6 Å². The Hall–Kier alpha value is -0.860. The molecule has 0 radical (unpaired) electrons. The molecule has 0 aromatic carbocycles. The van der Waals surface area contributed by atoms with Gasteiger partial charge in [-0.3, -0.25) is 0 Å². The summed E-state index contributed by atoms with van der Waals surface area (Å²) >= 11 is 0. The second-order valence-corrected chi connectivity index (χ2v) is 10.9. The van der Waals surface area contributed by atoms with Crippen molar-refractivity contribution in [1.29, 1.82) is 0 Å². The molecule has 3 aliphatic rings. The maximum absolute atomic E-state index is 10.3. The van der Waals surface area contributed by atoms with Crippen LogP contribution in [-0.4, -0.2) is 22.4 Å². The molecule has 164 valence electrons. The monoisotopic (exact) mass is 400 g/mol. The highest BCUT2D eigenvalue weighted by Crippen LogP contribution is 2.59. The van der Waals surface area contributed by atoms with Gasteiger partial charge in [0.2, 0.25) is 0 Å². The van der Waals surface area contributed by atoms with Gasteiger partial charge in [0.1, 0.15) is 0 Å². The van der Waals surface area contributed by atoms with E-state index in [2.05, 4.69) is 46.4 Å². The van der Waals surface area contributed by atoms with Gasteiger partial charge >= 0.3 is 0 Å². The van der Waals surface area contributed by atoms with Crippen molar-refractivity contribution in [2.24, 2.45) is 29.1 Å². The van der Waals surface area contributed by atoms with Crippen molar-refractivity contribution in [3.63, 3.8) is 0 Å². The van der Waals surface area contributed by atoms with E-state index in [1.807, 2.05) is 0 Å². The summed E-state index contributed by atoms with van der Waals surface area (Å²) in [6, 6.07) is 0. The predicted molar refractivity (Wildman–Crippen MR) is 123 cm³/mol. The van der Waals surface area contributed by atoms with Gasteiger partial charge in [-0.05, 0) is 98.9 Å². The van der Waals surface area contributed by atoms with Crippen LogP contribution in [0.3, 0.4) is 0 Å². The number of aliphatic hydroxyl groups is 2. The number of fused-ring (bicyclic) bond motifs is 1. The highest BCUT2D eigenvalue weighted by molar-refractivity contribution is 5.36. The van der Waals surface area contributed by atoms with E-state index in [0.29, 0.717) is 23.2 Å². The molecule has 0 amide bonds. The summed E-state index contributed by atoms with van der Waals surface area (Å²) in [6.07, 6.45) is 15.5. The van der Waals surface area contributed by atoms with Crippen molar-refractivity contribution in [3.05, 3.63) is 35.5 Å². The molecule has 3 saturated carbocycles. The van der Waals surface area contributed by atoms with Crippen molar-refractivity contribution in [1.82, 2.24) is 0 Å². The molecule has 3 aliphatic carbocycles. The van der Waals surface area contributed by atoms with E-state index in [1.54, 1.807) is 5.57 Å². The Morgan fingerprint density at radius 2 is 1.86 bits per heavy atom. The van der Waals surface area contributed by atoms with E-state index in [-0.39, 0.29) is 12.2 Å². The van der Waals surface area contributed by atoms with Crippen LogP contribution in [0.4, 0.5) is 0 Å². The fourth-order valence-corrected chi connectivity index (χ4v) is 6.58. The summed E-state index contributed by atoms with van der Waals surface area (Å²) in [4.78, 5) is 0. The first-order valence-corrected chi connectivity index (χ1v) is 12.2. The SMILES string of the molecule is C=C1CC[C@@H](O)C/C1=C/C=C1\CCC[C@]2(C)[C@@H]([C@H](C)CCC(O)C(C)C)CC[C@@H]12. The average molecular weight is 401 g/mol. The average Bonchev–Trinajstić information content (AvgIpc) is 3.04. The Balaban J connectivity index is 1.70. The largest absolute Gasteiger partial charge is 0.393 e. The quantitative estimate of drug-likeness (QED) is 0.528. The minimum atomic E-state index is -0.195. The minimum absolute atomic E-state index is 0.158. The third-order valence-corrected chi connectivity index (χ3v) is 8.60. The molecule has 0 aromatic heterocycles. The van der Waals surface area contributed by atoms with Gasteiger partial charge in [-0.15, -0.1) is 0 Å². The number of aliphatic hydroxyl groups excluding tert-OH is 2. The highest BCUT2D eigenvalue weighted by atomic mass is 16.3. The van der Waals surface area contributed by atoms with Crippen LogP contribution in [0.5, 0.6) is 0 Å². The zero-order valence-corrected chi connectivity index (χ0v) is 19.3. The minimum Gasteiger partial charge on any atom is -0.393 e. The summed E-state index contributed by atoms with van der Waals surface area (Å²) in [7, 11) is 0. The maximum atomic E-state index is 10.3. The van der Waals surface area contributed by atoms with Crippen molar-refractivity contribution >= 4 is 0 Å². The zero-order chi connectivity index (χ0) is 21.2. The van der Waals surface area contributed by atoms with E-state index in [0.717, 1.165) is 38.0 Å². The summed E-state index contributed by atoms with van der Waals surface area (Å²) in [5, 5.41) is 20.3. The molecule has 0 spiro atoms. The van der Waals surface area contributed by atoms with Crippen LogP contribution in [-0.2, 0) is 0 Å². The van der Waals surface area contributed by atoms with Crippen LogP contribution in [0.2, 0.25) is 0 Å². The number of rotatable bonds is 6. The lowest BCUT2D eigenvalue weighted by Crippen LogP contribution is -2.36. The van der Waals surface area contributed by atoms with E-state index >= 15 is 0 Å². The molecule has 29 heavy (non-hydrogen) atoms. The van der Waals surface area contributed by atoms with Crippen LogP contribution in [0.1, 0.15) is 91.9 Å². The van der Waals surface area contributed by atoms with Gasteiger partial charge in [0, 0.05) is 0 Å². The molecule has 0 aliphatic heterocycles. The zero-order valence-electron chi connectivity index (χ0n) is 19.3. The predicted octanol–water partition coefficient (Wildman–Crippen LogP) is 6.59. The Kier molecular flexibility index (Phi) is 7.49. The Morgan fingerprint density at radius 3 is 2.59 bits per heavy atom. The van der Waals surface area contributed by atoms with Crippen LogP contribution in [0, 0.1) is 29.1 Å². The molecule has 3 fully saturated rings. The summed E-state index contributed by atoms with van der Waals surface area (Å²) in [5.74, 6) is 2.52. The van der Waals surface area contributed by atoms with Crippen molar-refractivity contribution in [2.45, 2.75) is 104 Å². The van der Waals surface area contributed by atoms with Crippen molar-refractivity contribution in [2.75, 3.05) is 0 Å². The number of hydrogen-bond acceptors (Lipinski definition) is 2. The molecule has 6 atom stereocenters. The van der Waals surface area contributed by atoms with Gasteiger partial charge in [-0.2, -0.15) is 0 Å². The molecular formula is C27H44O2. The van der Waals surface area contributed by atoms with Crippen LogP contribution < -0.4 is 0 Å². The Labute approximate surface area is 179 Å². The van der Waals surface area contributed by atoms with Crippen LogP contribution in [0.15, 0.2) is 35.5 Å². The lowest BCUT2D eigenvalue weighted by molar-refractivity contribution is 0.0717. The first-order chi connectivity index (χ1) is 13.7. The van der Waals surface area contributed by atoms with Crippen molar-refractivity contribution < 1.29 is 10.2 Å². The van der Waals surface area contributed by atoms with Crippen LogP contribution in [0.25, 0.3) is 0 Å². The second kappa shape index (κ2) is 9.52. The number of hydrogen-bond donors (Lipinski definition) is 2. The lowest BCUT2D eigenvalue weighted by Gasteiger charge is -2.44. The summed E-state index contributed by atoms with van der Waals surface area (Å²) < 4.78 is 0. The highest BCUT2D eigenvalue weighted by Gasteiger charge is 2.50. The summed E-state index contributed by atoms with van der Waals surface area (Å²) in [5.41, 5.74) is 4.52. The standard InChI is InChI=1S/C27H44O2/c1-18(2)26(29)15-9-20(4)24-13-14-25-21(7-6-16-27(24,25)5)10-11-22-17-23(28)12-8-19(22)3/h10-11,18,20,23-26,28-29H,3,6-9,12-17H2,1-2,4-5H3/b21-10+,22-11-/t20-,23-,24-,25+,26?,27-/m1/s1. The first kappa shape index (κ1) is 22.8. The van der Waals surface area contributed by atoms with E-state index < -0.39 is 0 Å². The van der Waals surface area contributed by atoms with Gasteiger partial charge in [-0.25, -0.2) is 0 Å². The van der Waals surface area contributed by atoms with Gasteiger partial charge in [0.05, 0.1) is 12.2 Å². The Bertz CT molecular complexity index is 643. The normalized spacial score (nSPS) is 37.9. The summed E-state index contributed by atoms with van der Waals surface area (Å²) in [6.45, 7) is 13.4. The molecule has 2 nitrogen and oxygen atoms in total. The van der Waals surface area contributed by atoms with Crippen LogP contribution >= 0.6 is 0 Å². The third kappa shape index (κ3) is 5.07. The van der Waals surface area contributed by atoms with E-state index in [4.69, 9.17) is 0 Å². The molecule has 2 N–H and O–H groups in total. The smallest absolute Gasteiger partial charge is 0.0583 e. The van der Waals surface area contributed by atoms with E-state index in [9.17, 15) is 10.2 Å². The number of allylic oxidation sites excluding steroid dienone is 4. The van der Waals surface area contributed by atoms with Gasteiger partial charge < -0.3 is 10.2 Å². The molecule has 0 heterocycles. The lowest BCUT2D eigenvalue weighted by atomic mass is 9.60. The van der Waals surface area contributed by atoms with Crippen molar-refractivity contribution in [3.8, 4) is 0 Å². The topological polar surface area (TPSA) is 40.5 Å². The Morgan fingerprint density at radius 1 is 1.10 bits per heavy atom. The van der Waals surface area contributed by atoms with Gasteiger partial charge in [0.15, 0.2) is 0 Å². The molecule has 2 heteroatoms. The maximum Gasteiger partial charge on any atom is 0.0583 e. The fraction of sp³-hybridized carbons (Fsp3) is 0.778. The van der Waals surface area contributed by atoms with E-state index in [1.165, 1.54) is 43.3 Å². The fourth-order valence-electron chi connectivity index (χ4n) is 6.58. The van der Waals surface area contributed by atoms with Gasteiger partial charge in [0.25, 0.3) is 0 Å². The molecule has 0 bridgehead atoms. The molecule has 1 unspecified atom stereocenters. The third-order valence-electron chi connectivity index (χ3n) is 8.60. The molecule has 0 saturated heterocycles. The second-order valence-electron chi connectivity index (χ2n) is 10.9. The molecule has 3 rings (SSSR count).